The Balaban J connectivity index is 1.92. The Kier molecular flexibility index (Phi) is 4.71. The largest absolute Gasteiger partial charge is 0.152 e. The summed E-state index contributed by atoms with van der Waals surface area (Å²) in [6.45, 7) is 8.71. The first kappa shape index (κ1) is 14.2. The normalized spacial score (nSPS) is 10.7. The summed E-state index contributed by atoms with van der Waals surface area (Å²) in [6, 6.07) is 13.6. The van der Waals surface area contributed by atoms with E-state index in [9.17, 15) is 0 Å². The van der Waals surface area contributed by atoms with Gasteiger partial charge in [0.25, 0.3) is 0 Å². The van der Waals surface area contributed by atoms with Crippen LogP contribution in [0.5, 0.6) is 0 Å². The molecule has 2 aromatic rings. The summed E-state index contributed by atoms with van der Waals surface area (Å²) in [6.07, 6.45) is 0. The van der Waals surface area contributed by atoms with Crippen molar-refractivity contribution in [1.29, 1.82) is 0 Å². The van der Waals surface area contributed by atoms with Gasteiger partial charge in [-0.3, -0.25) is 0 Å². The van der Waals surface area contributed by atoms with E-state index >= 15 is 0 Å². The molecular weight excluding hydrogens is 248 g/mol. The highest BCUT2D eigenvalue weighted by Gasteiger charge is 2.00. The van der Waals surface area contributed by atoms with Crippen molar-refractivity contribution < 1.29 is 0 Å². The predicted octanol–water partition coefficient (Wildman–Crippen LogP) is 5.35. The van der Waals surface area contributed by atoms with Crippen molar-refractivity contribution in [3.8, 4) is 0 Å². The Labute approximate surface area is 121 Å². The summed E-state index contributed by atoms with van der Waals surface area (Å²) in [4.78, 5) is 0. The van der Waals surface area contributed by atoms with Gasteiger partial charge in [0.1, 0.15) is 0 Å². The minimum absolute atomic E-state index is 1.09. The molecule has 0 radical (unpaired) electrons. The van der Waals surface area contributed by atoms with Crippen LogP contribution in [0.1, 0.15) is 33.4 Å². The zero-order valence-electron chi connectivity index (χ0n) is 12.3. The molecule has 0 amide bonds. The van der Waals surface area contributed by atoms with Crippen LogP contribution in [-0.4, -0.2) is 0 Å². The van der Waals surface area contributed by atoms with E-state index in [2.05, 4.69) is 64.1 Å². The van der Waals surface area contributed by atoms with Crippen LogP contribution in [0.2, 0.25) is 0 Å². The molecule has 2 aromatic carbocycles. The standard InChI is InChI=1S/C18H22S/c1-13-5-7-17(9-15(13)3)11-19-12-18-8-6-14(2)16(4)10-18/h5-10H,11-12H2,1-4H3. The lowest BCUT2D eigenvalue weighted by Crippen LogP contribution is -1.88. The first-order chi connectivity index (χ1) is 9.06. The van der Waals surface area contributed by atoms with E-state index < -0.39 is 0 Å². The molecule has 0 aliphatic carbocycles. The molecule has 0 saturated heterocycles. The number of benzene rings is 2. The molecule has 0 bridgehead atoms. The van der Waals surface area contributed by atoms with Crippen LogP contribution in [0.4, 0.5) is 0 Å². The van der Waals surface area contributed by atoms with Gasteiger partial charge in [0.15, 0.2) is 0 Å². The van der Waals surface area contributed by atoms with Gasteiger partial charge in [-0.15, -0.1) is 0 Å². The van der Waals surface area contributed by atoms with E-state index in [1.165, 1.54) is 33.4 Å². The fourth-order valence-electron chi connectivity index (χ4n) is 2.07. The van der Waals surface area contributed by atoms with Crippen LogP contribution < -0.4 is 0 Å². The SMILES string of the molecule is Cc1ccc(CSCc2ccc(C)c(C)c2)cc1C. The van der Waals surface area contributed by atoms with E-state index in [0.29, 0.717) is 0 Å². The number of thioether (sulfide) groups is 1. The second-order valence-corrected chi connectivity index (χ2v) is 6.32. The molecule has 0 heterocycles. The highest BCUT2D eigenvalue weighted by atomic mass is 32.2. The first-order valence-electron chi connectivity index (χ1n) is 6.76. The molecule has 0 spiro atoms. The van der Waals surface area contributed by atoms with Gasteiger partial charge in [0.05, 0.1) is 0 Å². The molecule has 19 heavy (non-hydrogen) atoms. The number of aryl methyl sites for hydroxylation is 4. The van der Waals surface area contributed by atoms with Crippen molar-refractivity contribution >= 4 is 11.8 Å². The second kappa shape index (κ2) is 6.29. The average Bonchev–Trinajstić information content (AvgIpc) is 2.38. The molecule has 2 rings (SSSR count). The molecule has 0 atom stereocenters. The van der Waals surface area contributed by atoms with Gasteiger partial charge >= 0.3 is 0 Å². The highest BCUT2D eigenvalue weighted by molar-refractivity contribution is 7.97. The summed E-state index contributed by atoms with van der Waals surface area (Å²) in [5.74, 6) is 2.18. The summed E-state index contributed by atoms with van der Waals surface area (Å²) >= 11 is 1.99. The average molecular weight is 270 g/mol. The quantitative estimate of drug-likeness (QED) is 0.721. The summed E-state index contributed by atoms with van der Waals surface area (Å²) < 4.78 is 0. The molecule has 0 nitrogen and oxygen atoms in total. The molecule has 1 heteroatoms. The molecule has 0 unspecified atom stereocenters. The van der Waals surface area contributed by atoms with Gasteiger partial charge in [-0.05, 0) is 61.1 Å². The zero-order chi connectivity index (χ0) is 13.8. The lowest BCUT2D eigenvalue weighted by molar-refractivity contribution is 1.27. The van der Waals surface area contributed by atoms with E-state index in [4.69, 9.17) is 0 Å². The van der Waals surface area contributed by atoms with Crippen molar-refractivity contribution in [1.82, 2.24) is 0 Å². The zero-order valence-corrected chi connectivity index (χ0v) is 13.1. The van der Waals surface area contributed by atoms with Crippen LogP contribution in [0, 0.1) is 27.7 Å². The lowest BCUT2D eigenvalue weighted by Gasteiger charge is -2.07. The molecule has 0 fully saturated rings. The van der Waals surface area contributed by atoms with Gasteiger partial charge in [0.2, 0.25) is 0 Å². The van der Waals surface area contributed by atoms with Gasteiger partial charge in [-0.25, -0.2) is 0 Å². The van der Waals surface area contributed by atoms with E-state index in [1.54, 1.807) is 0 Å². The van der Waals surface area contributed by atoms with Crippen molar-refractivity contribution in [3.05, 3.63) is 69.8 Å². The molecule has 0 aliphatic rings. The topological polar surface area (TPSA) is 0 Å². The minimum Gasteiger partial charge on any atom is -0.152 e. The van der Waals surface area contributed by atoms with Crippen LogP contribution >= 0.6 is 11.8 Å². The van der Waals surface area contributed by atoms with E-state index in [0.717, 1.165) is 11.5 Å². The van der Waals surface area contributed by atoms with E-state index in [-0.39, 0.29) is 0 Å². The van der Waals surface area contributed by atoms with Gasteiger partial charge < -0.3 is 0 Å². The highest BCUT2D eigenvalue weighted by Crippen LogP contribution is 2.21. The van der Waals surface area contributed by atoms with Gasteiger partial charge in [-0.1, -0.05) is 36.4 Å². The third kappa shape index (κ3) is 3.87. The Morgan fingerprint density at radius 2 is 1.05 bits per heavy atom. The van der Waals surface area contributed by atoms with Gasteiger partial charge in [-0.2, -0.15) is 11.8 Å². The smallest absolute Gasteiger partial charge is 0.0188 e. The minimum atomic E-state index is 1.09. The number of hydrogen-bond donors (Lipinski definition) is 0. The fraction of sp³-hybridized carbons (Fsp3) is 0.333. The van der Waals surface area contributed by atoms with Crippen molar-refractivity contribution in [3.63, 3.8) is 0 Å². The van der Waals surface area contributed by atoms with Gasteiger partial charge in [0, 0.05) is 11.5 Å². The maximum absolute atomic E-state index is 2.31. The van der Waals surface area contributed by atoms with Crippen LogP contribution in [0.25, 0.3) is 0 Å². The summed E-state index contributed by atoms with van der Waals surface area (Å²) in [5, 5.41) is 0. The molecule has 100 valence electrons. The van der Waals surface area contributed by atoms with Crippen LogP contribution in [-0.2, 0) is 11.5 Å². The molecule has 0 N–H and O–H groups in total. The monoisotopic (exact) mass is 270 g/mol. The number of hydrogen-bond acceptors (Lipinski definition) is 1. The Morgan fingerprint density at radius 3 is 1.42 bits per heavy atom. The van der Waals surface area contributed by atoms with Crippen LogP contribution in [0.3, 0.4) is 0 Å². The number of rotatable bonds is 4. The van der Waals surface area contributed by atoms with Crippen molar-refractivity contribution in [2.45, 2.75) is 39.2 Å². The lowest BCUT2D eigenvalue weighted by atomic mass is 10.1. The molecular formula is C18H22S. The first-order valence-corrected chi connectivity index (χ1v) is 7.92. The maximum atomic E-state index is 2.31. The Bertz CT molecular complexity index is 518. The molecule has 0 saturated carbocycles. The van der Waals surface area contributed by atoms with Crippen molar-refractivity contribution in [2.24, 2.45) is 0 Å². The molecule has 0 aromatic heterocycles. The third-order valence-electron chi connectivity index (χ3n) is 3.68. The Morgan fingerprint density at radius 1 is 0.632 bits per heavy atom. The molecule has 0 aliphatic heterocycles. The van der Waals surface area contributed by atoms with Crippen LogP contribution in [0.15, 0.2) is 36.4 Å². The van der Waals surface area contributed by atoms with E-state index in [1.807, 2.05) is 11.8 Å². The maximum Gasteiger partial charge on any atom is 0.0188 e. The Hall–Kier alpha value is -1.21. The predicted molar refractivity (Wildman–Crippen MR) is 86.8 cm³/mol. The third-order valence-corrected chi connectivity index (χ3v) is 4.76. The second-order valence-electron chi connectivity index (χ2n) is 5.33. The van der Waals surface area contributed by atoms with Crippen molar-refractivity contribution in [2.75, 3.05) is 0 Å². The summed E-state index contributed by atoms with van der Waals surface area (Å²) in [7, 11) is 0. The summed E-state index contributed by atoms with van der Waals surface area (Å²) in [5.41, 5.74) is 8.40. The fourth-order valence-corrected chi connectivity index (χ4v) is 3.01.